The van der Waals surface area contributed by atoms with Crippen molar-refractivity contribution in [2.24, 2.45) is 0 Å². The Morgan fingerprint density at radius 2 is 2.30 bits per heavy atom. The van der Waals surface area contributed by atoms with Crippen LogP contribution in [0.15, 0.2) is 12.4 Å². The fraction of sp³-hybridized carbons (Fsp3) is 0.167. The van der Waals surface area contributed by atoms with Crippen LogP contribution in [0, 0.1) is 5.82 Å². The van der Waals surface area contributed by atoms with Crippen LogP contribution in [0.4, 0.5) is 4.39 Å². The van der Waals surface area contributed by atoms with Gasteiger partial charge in [-0.1, -0.05) is 27.5 Å². The smallest absolute Gasteiger partial charge is 0.147 e. The molecule has 0 fully saturated rings. The van der Waals surface area contributed by atoms with Crippen molar-refractivity contribution in [2.75, 3.05) is 0 Å². The molecule has 1 aromatic heterocycles. The Morgan fingerprint density at radius 3 is 2.70 bits per heavy atom. The zero-order valence-corrected chi connectivity index (χ0v) is 7.28. The normalized spacial score (nSPS) is 9.90. The second-order valence-electron chi connectivity index (χ2n) is 1.72. The molecule has 0 unspecified atom stereocenters. The molecule has 1 nitrogen and oxygen atoms in total. The van der Waals surface area contributed by atoms with Gasteiger partial charge in [0.2, 0.25) is 0 Å². The molecule has 0 aliphatic rings. The topological polar surface area (TPSA) is 12.9 Å². The third-order valence-electron chi connectivity index (χ3n) is 1.09. The van der Waals surface area contributed by atoms with Gasteiger partial charge in [-0.05, 0) is 0 Å². The molecule has 1 rings (SSSR count). The van der Waals surface area contributed by atoms with Gasteiger partial charge in [-0.2, -0.15) is 0 Å². The zero-order valence-electron chi connectivity index (χ0n) is 4.94. The Hall–Kier alpha value is -0.150. The molecule has 1 heterocycles. The minimum Gasteiger partial charge on any atom is -0.260 e. The lowest BCUT2D eigenvalue weighted by Gasteiger charge is -1.98. The Balaban J connectivity index is 3.17. The molecule has 0 aromatic carbocycles. The molecule has 0 saturated heterocycles. The fourth-order valence-corrected chi connectivity index (χ4v) is 1.51. The maximum Gasteiger partial charge on any atom is 0.147 e. The van der Waals surface area contributed by atoms with E-state index >= 15 is 0 Å². The summed E-state index contributed by atoms with van der Waals surface area (Å²) in [6.45, 7) is 0. The Morgan fingerprint density at radius 1 is 1.60 bits per heavy atom. The highest BCUT2D eigenvalue weighted by Gasteiger charge is 2.04. The summed E-state index contributed by atoms with van der Waals surface area (Å²) >= 11 is 8.70. The van der Waals surface area contributed by atoms with Crippen molar-refractivity contribution >= 4 is 27.5 Å². The van der Waals surface area contributed by atoms with Crippen molar-refractivity contribution in [1.29, 1.82) is 0 Å². The number of hydrogen-bond donors (Lipinski definition) is 0. The number of alkyl halides is 1. The van der Waals surface area contributed by atoms with Crippen molar-refractivity contribution < 1.29 is 4.39 Å². The van der Waals surface area contributed by atoms with Crippen LogP contribution in [0.25, 0.3) is 0 Å². The number of rotatable bonds is 1. The van der Waals surface area contributed by atoms with E-state index in [-0.39, 0.29) is 5.82 Å². The lowest BCUT2D eigenvalue weighted by Crippen LogP contribution is -1.88. The van der Waals surface area contributed by atoms with E-state index in [4.69, 9.17) is 11.6 Å². The number of nitrogens with zero attached hydrogens (tertiary/aromatic N) is 1. The van der Waals surface area contributed by atoms with E-state index in [1.165, 1.54) is 6.20 Å². The first-order chi connectivity index (χ1) is 4.75. The summed E-state index contributed by atoms with van der Waals surface area (Å²) in [5, 5.41) is 0.775. The van der Waals surface area contributed by atoms with Crippen LogP contribution >= 0.6 is 27.5 Å². The van der Waals surface area contributed by atoms with Crippen molar-refractivity contribution in [1.82, 2.24) is 4.98 Å². The Kier molecular flexibility index (Phi) is 2.63. The Labute approximate surface area is 71.4 Å². The molecule has 4 heteroatoms. The molecule has 54 valence electrons. The predicted octanol–water partition coefficient (Wildman–Crippen LogP) is 2.77. The Bertz CT molecular complexity index is 221. The second kappa shape index (κ2) is 3.30. The van der Waals surface area contributed by atoms with E-state index in [0.717, 1.165) is 6.20 Å². The van der Waals surface area contributed by atoms with Gasteiger partial charge in [-0.25, -0.2) is 4.39 Å². The van der Waals surface area contributed by atoms with Gasteiger partial charge in [0.15, 0.2) is 0 Å². The SMILES string of the molecule is Fc1cncc(Cl)c1CBr. The maximum absolute atomic E-state index is 12.7. The maximum atomic E-state index is 12.7. The highest BCUT2D eigenvalue weighted by molar-refractivity contribution is 9.08. The molecular weight excluding hydrogens is 220 g/mol. The zero-order chi connectivity index (χ0) is 7.56. The van der Waals surface area contributed by atoms with E-state index in [0.29, 0.717) is 15.9 Å². The monoisotopic (exact) mass is 223 g/mol. The van der Waals surface area contributed by atoms with Gasteiger partial charge in [0.25, 0.3) is 0 Å². The molecule has 0 radical (unpaired) electrons. The summed E-state index contributed by atoms with van der Waals surface area (Å²) in [5.74, 6) is -0.371. The number of hydrogen-bond acceptors (Lipinski definition) is 1. The second-order valence-corrected chi connectivity index (χ2v) is 2.68. The largest absolute Gasteiger partial charge is 0.260 e. The van der Waals surface area contributed by atoms with Gasteiger partial charge in [-0.3, -0.25) is 4.98 Å². The van der Waals surface area contributed by atoms with Crippen LogP contribution in [-0.2, 0) is 5.33 Å². The molecule has 0 saturated carbocycles. The van der Waals surface area contributed by atoms with Crippen molar-refractivity contribution in [2.45, 2.75) is 5.33 Å². The first-order valence-electron chi connectivity index (χ1n) is 2.59. The van der Waals surface area contributed by atoms with Crippen LogP contribution < -0.4 is 0 Å². The van der Waals surface area contributed by atoms with Gasteiger partial charge < -0.3 is 0 Å². The quantitative estimate of drug-likeness (QED) is 0.669. The third kappa shape index (κ3) is 1.47. The molecule has 0 aliphatic carbocycles. The first kappa shape index (κ1) is 7.95. The van der Waals surface area contributed by atoms with Gasteiger partial charge in [0.05, 0.1) is 11.2 Å². The molecular formula is C6H4BrClFN. The lowest BCUT2D eigenvalue weighted by molar-refractivity contribution is 0.611. The van der Waals surface area contributed by atoms with E-state index < -0.39 is 0 Å². The summed E-state index contributed by atoms with van der Waals surface area (Å²) in [5.41, 5.74) is 0.455. The van der Waals surface area contributed by atoms with Crippen LogP contribution in [0.2, 0.25) is 5.02 Å². The average Bonchev–Trinajstić information content (AvgIpc) is 1.88. The fourth-order valence-electron chi connectivity index (χ4n) is 0.566. The summed E-state index contributed by atoms with van der Waals surface area (Å²) in [6, 6.07) is 0. The average molecular weight is 224 g/mol. The van der Waals surface area contributed by atoms with Crippen LogP contribution in [0.3, 0.4) is 0 Å². The number of pyridine rings is 1. The third-order valence-corrected chi connectivity index (χ3v) is 1.97. The molecule has 0 amide bonds. The van der Waals surface area contributed by atoms with E-state index in [1.807, 2.05) is 0 Å². The lowest BCUT2D eigenvalue weighted by atomic mass is 10.3. The minimum absolute atomic E-state index is 0.358. The summed E-state index contributed by atoms with van der Waals surface area (Å²) < 4.78 is 12.7. The number of aromatic nitrogens is 1. The van der Waals surface area contributed by atoms with E-state index in [1.54, 1.807) is 0 Å². The van der Waals surface area contributed by atoms with Gasteiger partial charge in [-0.15, -0.1) is 0 Å². The molecule has 0 N–H and O–H groups in total. The van der Waals surface area contributed by atoms with Crippen molar-refractivity contribution in [3.8, 4) is 0 Å². The van der Waals surface area contributed by atoms with E-state index in [9.17, 15) is 4.39 Å². The molecule has 0 atom stereocenters. The van der Waals surface area contributed by atoms with Gasteiger partial charge >= 0.3 is 0 Å². The summed E-state index contributed by atoms with van der Waals surface area (Å²) in [6.07, 6.45) is 2.56. The van der Waals surface area contributed by atoms with Crippen LogP contribution in [0.1, 0.15) is 5.56 Å². The summed E-state index contributed by atoms with van der Waals surface area (Å²) in [7, 11) is 0. The standard InChI is InChI=1S/C6H4BrClFN/c7-1-4-5(8)2-10-3-6(4)9/h2-3H,1H2. The highest BCUT2D eigenvalue weighted by Crippen LogP contribution is 2.19. The molecule has 0 spiro atoms. The highest BCUT2D eigenvalue weighted by atomic mass is 79.9. The van der Waals surface area contributed by atoms with Gasteiger partial charge in [0, 0.05) is 17.1 Å². The van der Waals surface area contributed by atoms with E-state index in [2.05, 4.69) is 20.9 Å². The minimum atomic E-state index is -0.371. The molecule has 0 aliphatic heterocycles. The van der Waals surface area contributed by atoms with Crippen molar-refractivity contribution in [3.05, 3.63) is 28.8 Å². The summed E-state index contributed by atoms with van der Waals surface area (Å²) in [4.78, 5) is 3.56. The van der Waals surface area contributed by atoms with Gasteiger partial charge in [0.1, 0.15) is 5.82 Å². The van der Waals surface area contributed by atoms with Crippen LogP contribution in [0.5, 0.6) is 0 Å². The molecule has 1 aromatic rings. The molecule has 0 bridgehead atoms. The predicted molar refractivity (Wildman–Crippen MR) is 41.8 cm³/mol. The number of halogens is 3. The molecule has 10 heavy (non-hydrogen) atoms. The van der Waals surface area contributed by atoms with Crippen LogP contribution in [-0.4, -0.2) is 4.98 Å². The first-order valence-corrected chi connectivity index (χ1v) is 4.09. The van der Waals surface area contributed by atoms with Crippen molar-refractivity contribution in [3.63, 3.8) is 0 Å².